The molecule has 0 spiro atoms. The largest absolute Gasteiger partial charge is 0.506 e. The van der Waals surface area contributed by atoms with Gasteiger partial charge in [0.25, 0.3) is 0 Å². The van der Waals surface area contributed by atoms with Crippen LogP contribution in [0.15, 0.2) is 18.2 Å². The molecule has 0 aliphatic carbocycles. The Kier molecular flexibility index (Phi) is 3.94. The lowest BCUT2D eigenvalue weighted by Gasteiger charge is -2.09. The van der Waals surface area contributed by atoms with E-state index in [1.54, 1.807) is 12.1 Å². The summed E-state index contributed by atoms with van der Waals surface area (Å²) < 4.78 is 4.49. The number of phenolic OH excluding ortho intramolecular Hbond substituents is 1. The Balaban J connectivity index is 2.73. The summed E-state index contributed by atoms with van der Waals surface area (Å²) in [6.45, 7) is 0. The SMILES string of the molecule is COC(=O)C(N)Cc1ccc(O)c(Cl)c1. The molecule has 15 heavy (non-hydrogen) atoms. The van der Waals surface area contributed by atoms with Crippen molar-refractivity contribution in [3.8, 4) is 5.75 Å². The fourth-order valence-corrected chi connectivity index (χ4v) is 1.37. The van der Waals surface area contributed by atoms with Gasteiger partial charge < -0.3 is 15.6 Å². The van der Waals surface area contributed by atoms with Gasteiger partial charge in [-0.3, -0.25) is 4.79 Å². The number of hydrogen-bond donors (Lipinski definition) is 2. The Morgan fingerprint density at radius 3 is 2.87 bits per heavy atom. The van der Waals surface area contributed by atoms with Gasteiger partial charge in [-0.25, -0.2) is 0 Å². The van der Waals surface area contributed by atoms with E-state index in [1.807, 2.05) is 0 Å². The van der Waals surface area contributed by atoms with Crippen molar-refractivity contribution in [1.29, 1.82) is 0 Å². The van der Waals surface area contributed by atoms with Crippen molar-refractivity contribution in [2.24, 2.45) is 5.73 Å². The zero-order chi connectivity index (χ0) is 11.4. The van der Waals surface area contributed by atoms with Gasteiger partial charge in [-0.15, -0.1) is 0 Å². The van der Waals surface area contributed by atoms with E-state index in [1.165, 1.54) is 13.2 Å². The van der Waals surface area contributed by atoms with E-state index >= 15 is 0 Å². The predicted octanol–water partition coefficient (Wildman–Crippen LogP) is 1.09. The first-order valence-corrected chi connectivity index (χ1v) is 4.73. The second-order valence-corrected chi connectivity index (χ2v) is 3.53. The number of phenols is 1. The van der Waals surface area contributed by atoms with Gasteiger partial charge in [0.05, 0.1) is 12.1 Å². The number of benzene rings is 1. The molecule has 1 aromatic carbocycles. The molecule has 0 amide bonds. The molecule has 1 rings (SSSR count). The summed E-state index contributed by atoms with van der Waals surface area (Å²) in [7, 11) is 1.28. The van der Waals surface area contributed by atoms with Gasteiger partial charge in [0, 0.05) is 0 Å². The molecule has 1 aromatic rings. The third kappa shape index (κ3) is 3.11. The van der Waals surface area contributed by atoms with Crippen LogP contribution in [-0.4, -0.2) is 24.2 Å². The number of carbonyl (C=O) groups excluding carboxylic acids is 1. The van der Waals surface area contributed by atoms with Gasteiger partial charge in [-0.1, -0.05) is 17.7 Å². The fourth-order valence-electron chi connectivity index (χ4n) is 1.17. The van der Waals surface area contributed by atoms with Crippen LogP contribution in [0.4, 0.5) is 0 Å². The molecule has 5 heteroatoms. The van der Waals surface area contributed by atoms with Crippen molar-refractivity contribution < 1.29 is 14.6 Å². The Bertz CT molecular complexity index is 368. The third-order valence-corrected chi connectivity index (χ3v) is 2.27. The highest BCUT2D eigenvalue weighted by Crippen LogP contribution is 2.24. The summed E-state index contributed by atoms with van der Waals surface area (Å²) >= 11 is 5.70. The molecular formula is C10H12ClNO3. The Hall–Kier alpha value is -1.26. The topological polar surface area (TPSA) is 72.5 Å². The summed E-state index contributed by atoms with van der Waals surface area (Å²) in [6.07, 6.45) is 0.326. The first kappa shape index (κ1) is 11.8. The molecule has 82 valence electrons. The number of ether oxygens (including phenoxy) is 1. The second kappa shape index (κ2) is 5.00. The monoisotopic (exact) mass is 229 g/mol. The summed E-state index contributed by atoms with van der Waals surface area (Å²) in [5.74, 6) is -0.466. The maximum atomic E-state index is 11.0. The van der Waals surface area contributed by atoms with Gasteiger partial charge in [-0.05, 0) is 24.1 Å². The van der Waals surface area contributed by atoms with E-state index in [-0.39, 0.29) is 10.8 Å². The quantitative estimate of drug-likeness (QED) is 0.761. The van der Waals surface area contributed by atoms with Crippen LogP contribution in [0, 0.1) is 0 Å². The minimum absolute atomic E-state index is 0.00653. The number of aromatic hydroxyl groups is 1. The van der Waals surface area contributed by atoms with Crippen LogP contribution in [0.5, 0.6) is 5.75 Å². The van der Waals surface area contributed by atoms with Crippen LogP contribution in [-0.2, 0) is 16.0 Å². The molecule has 0 aromatic heterocycles. The highest BCUT2D eigenvalue weighted by atomic mass is 35.5. The molecule has 0 fully saturated rings. The summed E-state index contributed by atoms with van der Waals surface area (Å²) in [4.78, 5) is 11.0. The Morgan fingerprint density at radius 1 is 1.67 bits per heavy atom. The molecule has 0 saturated carbocycles. The van der Waals surface area contributed by atoms with Crippen LogP contribution in [0.2, 0.25) is 5.02 Å². The van der Waals surface area contributed by atoms with Crippen LogP contribution < -0.4 is 5.73 Å². The average molecular weight is 230 g/mol. The standard InChI is InChI=1S/C10H12ClNO3/c1-15-10(14)8(12)5-6-2-3-9(13)7(11)4-6/h2-4,8,13H,5,12H2,1H3. The lowest BCUT2D eigenvalue weighted by molar-refractivity contribution is -0.142. The maximum absolute atomic E-state index is 11.0. The van der Waals surface area contributed by atoms with E-state index in [0.29, 0.717) is 6.42 Å². The second-order valence-electron chi connectivity index (χ2n) is 3.12. The molecule has 4 nitrogen and oxygen atoms in total. The smallest absolute Gasteiger partial charge is 0.322 e. The van der Waals surface area contributed by atoms with Crippen LogP contribution in [0.3, 0.4) is 0 Å². The molecule has 0 bridgehead atoms. The number of hydrogen-bond acceptors (Lipinski definition) is 4. The van der Waals surface area contributed by atoms with E-state index in [0.717, 1.165) is 5.56 Å². The van der Waals surface area contributed by atoms with Crippen LogP contribution >= 0.6 is 11.6 Å². The van der Waals surface area contributed by atoms with Crippen molar-refractivity contribution in [2.45, 2.75) is 12.5 Å². The van der Waals surface area contributed by atoms with Gasteiger partial charge in [0.1, 0.15) is 11.8 Å². The number of esters is 1. The van der Waals surface area contributed by atoms with E-state index in [2.05, 4.69) is 4.74 Å². The summed E-state index contributed by atoms with van der Waals surface area (Å²) in [5.41, 5.74) is 6.34. The molecule has 0 aliphatic rings. The molecule has 0 heterocycles. The number of nitrogens with two attached hydrogens (primary N) is 1. The fraction of sp³-hybridized carbons (Fsp3) is 0.300. The number of halogens is 1. The summed E-state index contributed by atoms with van der Waals surface area (Å²) in [5, 5.41) is 9.42. The Morgan fingerprint density at radius 2 is 2.33 bits per heavy atom. The molecule has 1 unspecified atom stereocenters. The predicted molar refractivity (Wildman–Crippen MR) is 56.8 cm³/mol. The van der Waals surface area contributed by atoms with Gasteiger partial charge >= 0.3 is 5.97 Å². The summed E-state index contributed by atoms with van der Waals surface area (Å²) in [6, 6.07) is 3.97. The maximum Gasteiger partial charge on any atom is 0.322 e. The highest BCUT2D eigenvalue weighted by molar-refractivity contribution is 6.32. The lowest BCUT2D eigenvalue weighted by Crippen LogP contribution is -2.33. The first-order valence-electron chi connectivity index (χ1n) is 4.35. The van der Waals surface area contributed by atoms with Gasteiger partial charge in [0.15, 0.2) is 0 Å². The third-order valence-electron chi connectivity index (χ3n) is 1.97. The van der Waals surface area contributed by atoms with Crippen molar-refractivity contribution in [2.75, 3.05) is 7.11 Å². The molecule has 1 atom stereocenters. The van der Waals surface area contributed by atoms with E-state index < -0.39 is 12.0 Å². The van der Waals surface area contributed by atoms with Crippen LogP contribution in [0.1, 0.15) is 5.56 Å². The minimum atomic E-state index is -0.712. The zero-order valence-electron chi connectivity index (χ0n) is 8.24. The van der Waals surface area contributed by atoms with E-state index in [9.17, 15) is 9.90 Å². The zero-order valence-corrected chi connectivity index (χ0v) is 8.99. The lowest BCUT2D eigenvalue weighted by atomic mass is 10.1. The molecule has 0 saturated heterocycles. The first-order chi connectivity index (χ1) is 7.04. The minimum Gasteiger partial charge on any atom is -0.506 e. The van der Waals surface area contributed by atoms with Crippen molar-refractivity contribution >= 4 is 17.6 Å². The van der Waals surface area contributed by atoms with Gasteiger partial charge in [-0.2, -0.15) is 0 Å². The Labute approximate surface area is 92.6 Å². The molecule has 0 radical (unpaired) electrons. The number of rotatable bonds is 3. The van der Waals surface area contributed by atoms with Crippen LogP contribution in [0.25, 0.3) is 0 Å². The van der Waals surface area contributed by atoms with Crippen molar-refractivity contribution in [3.63, 3.8) is 0 Å². The van der Waals surface area contributed by atoms with Crippen molar-refractivity contribution in [3.05, 3.63) is 28.8 Å². The average Bonchev–Trinajstić information content (AvgIpc) is 2.22. The molecule has 0 aliphatic heterocycles. The number of methoxy groups -OCH3 is 1. The molecule has 3 N–H and O–H groups in total. The number of carbonyl (C=O) groups is 1. The van der Waals surface area contributed by atoms with E-state index in [4.69, 9.17) is 17.3 Å². The highest BCUT2D eigenvalue weighted by Gasteiger charge is 2.14. The van der Waals surface area contributed by atoms with Crippen molar-refractivity contribution in [1.82, 2.24) is 0 Å². The normalized spacial score (nSPS) is 12.2. The van der Waals surface area contributed by atoms with Gasteiger partial charge in [0.2, 0.25) is 0 Å². The molecular weight excluding hydrogens is 218 g/mol.